The average Bonchev–Trinajstić information content (AvgIpc) is 2.90. The molecule has 3 aromatic rings. The molecule has 0 saturated heterocycles. The van der Waals surface area contributed by atoms with Crippen LogP contribution in [0.2, 0.25) is 5.02 Å². The average molecular weight is 303 g/mol. The lowest BCUT2D eigenvalue weighted by molar-refractivity contribution is 0.171. The van der Waals surface area contributed by atoms with Crippen molar-refractivity contribution in [3.8, 4) is 17.2 Å². The lowest BCUT2D eigenvalue weighted by Crippen LogP contribution is -2.15. The zero-order valence-electron chi connectivity index (χ0n) is 10.9. The Hall–Kier alpha value is -2.47. The van der Waals surface area contributed by atoms with Gasteiger partial charge in [-0.25, -0.2) is 0 Å². The van der Waals surface area contributed by atoms with Gasteiger partial charge in [0.25, 0.3) is 0 Å². The fourth-order valence-electron chi connectivity index (χ4n) is 2.23. The van der Waals surface area contributed by atoms with E-state index in [2.05, 4.69) is 10.2 Å². The molecule has 0 spiro atoms. The number of aromatic nitrogens is 3. The predicted octanol–water partition coefficient (Wildman–Crippen LogP) is 2.43. The summed E-state index contributed by atoms with van der Waals surface area (Å²) in [6.45, 7) is 1.10. The Bertz CT molecular complexity index is 807. The number of rotatable bonds is 1. The zero-order valence-corrected chi connectivity index (χ0v) is 11.7. The highest BCUT2D eigenvalue weighted by Gasteiger charge is 2.14. The third-order valence-electron chi connectivity index (χ3n) is 3.26. The van der Waals surface area contributed by atoms with Gasteiger partial charge in [-0.3, -0.25) is 0 Å². The van der Waals surface area contributed by atoms with Gasteiger partial charge < -0.3 is 15.2 Å². The molecule has 1 aromatic heterocycles. The van der Waals surface area contributed by atoms with Gasteiger partial charge >= 0.3 is 0 Å². The first-order valence-corrected chi connectivity index (χ1v) is 6.80. The lowest BCUT2D eigenvalue weighted by atomic mass is 10.2. The van der Waals surface area contributed by atoms with E-state index >= 15 is 0 Å². The molecule has 0 atom stereocenters. The highest BCUT2D eigenvalue weighted by molar-refractivity contribution is 6.33. The van der Waals surface area contributed by atoms with Gasteiger partial charge in [-0.2, -0.15) is 4.80 Å². The summed E-state index contributed by atoms with van der Waals surface area (Å²) in [7, 11) is 0. The number of hydrogen-bond donors (Lipinski definition) is 1. The number of nitrogens with zero attached hydrogens (tertiary/aromatic N) is 3. The van der Waals surface area contributed by atoms with Crippen molar-refractivity contribution in [3.05, 3.63) is 35.4 Å². The number of nitrogens with two attached hydrogens (primary N) is 1. The van der Waals surface area contributed by atoms with Crippen LogP contribution in [0.3, 0.4) is 0 Å². The van der Waals surface area contributed by atoms with E-state index in [0.29, 0.717) is 40.7 Å². The summed E-state index contributed by atoms with van der Waals surface area (Å²) < 4.78 is 11.1. The van der Waals surface area contributed by atoms with Crippen molar-refractivity contribution in [1.82, 2.24) is 15.0 Å². The highest BCUT2D eigenvalue weighted by Crippen LogP contribution is 2.32. The molecular formula is C14H11ClN4O2. The topological polar surface area (TPSA) is 75.2 Å². The predicted molar refractivity (Wildman–Crippen MR) is 79.3 cm³/mol. The van der Waals surface area contributed by atoms with E-state index in [1.54, 1.807) is 12.1 Å². The zero-order chi connectivity index (χ0) is 14.4. The number of hydrogen-bond acceptors (Lipinski definition) is 5. The van der Waals surface area contributed by atoms with E-state index in [1.807, 2.05) is 18.2 Å². The van der Waals surface area contributed by atoms with Crippen LogP contribution in [-0.2, 0) is 0 Å². The summed E-state index contributed by atoms with van der Waals surface area (Å²) in [5.41, 5.74) is 8.42. The van der Waals surface area contributed by atoms with Crippen molar-refractivity contribution < 1.29 is 9.47 Å². The summed E-state index contributed by atoms with van der Waals surface area (Å²) in [5.74, 6) is 1.42. The third-order valence-corrected chi connectivity index (χ3v) is 3.58. The SMILES string of the molecule is Nc1cc2nn(-c3ccc4c(c3)OCCO4)nc2cc1Cl. The monoisotopic (exact) mass is 302 g/mol. The summed E-state index contributed by atoms with van der Waals surface area (Å²) in [6, 6.07) is 8.97. The van der Waals surface area contributed by atoms with Gasteiger partial charge in [0.1, 0.15) is 24.2 Å². The van der Waals surface area contributed by atoms with Crippen molar-refractivity contribution >= 4 is 28.3 Å². The summed E-state index contributed by atoms with van der Waals surface area (Å²) >= 11 is 6.00. The molecule has 106 valence electrons. The van der Waals surface area contributed by atoms with Crippen LogP contribution in [-0.4, -0.2) is 28.2 Å². The van der Waals surface area contributed by atoms with Crippen LogP contribution in [0.1, 0.15) is 0 Å². The Labute approximate surface area is 125 Å². The summed E-state index contributed by atoms with van der Waals surface area (Å²) in [5, 5.41) is 9.28. The first-order chi connectivity index (χ1) is 10.2. The minimum Gasteiger partial charge on any atom is -0.486 e. The second kappa shape index (κ2) is 4.53. The molecule has 0 amide bonds. The Kier molecular flexibility index (Phi) is 2.65. The van der Waals surface area contributed by atoms with E-state index < -0.39 is 0 Å². The molecule has 0 unspecified atom stereocenters. The maximum atomic E-state index is 6.00. The fourth-order valence-corrected chi connectivity index (χ4v) is 2.38. The Morgan fingerprint density at radius 1 is 1.00 bits per heavy atom. The van der Waals surface area contributed by atoms with Gasteiger partial charge in [-0.1, -0.05) is 11.6 Å². The van der Waals surface area contributed by atoms with E-state index in [4.69, 9.17) is 26.8 Å². The molecule has 4 rings (SSSR count). The minimum absolute atomic E-state index is 0.469. The van der Waals surface area contributed by atoms with E-state index in [-0.39, 0.29) is 0 Å². The molecule has 7 heteroatoms. The normalized spacial score (nSPS) is 13.6. The second-order valence-electron chi connectivity index (χ2n) is 4.68. The first-order valence-electron chi connectivity index (χ1n) is 6.43. The lowest BCUT2D eigenvalue weighted by Gasteiger charge is -2.18. The fraction of sp³-hybridized carbons (Fsp3) is 0.143. The van der Waals surface area contributed by atoms with E-state index in [1.165, 1.54) is 4.80 Å². The number of halogens is 1. The third kappa shape index (κ3) is 2.04. The van der Waals surface area contributed by atoms with Crippen LogP contribution in [0.4, 0.5) is 5.69 Å². The van der Waals surface area contributed by atoms with Crippen LogP contribution in [0.25, 0.3) is 16.7 Å². The molecule has 21 heavy (non-hydrogen) atoms. The molecule has 0 radical (unpaired) electrons. The minimum atomic E-state index is 0.469. The van der Waals surface area contributed by atoms with Crippen LogP contribution < -0.4 is 15.2 Å². The molecule has 0 fully saturated rings. The quantitative estimate of drug-likeness (QED) is 0.699. The first kappa shape index (κ1) is 12.3. The van der Waals surface area contributed by atoms with Crippen LogP contribution in [0, 0.1) is 0 Å². The molecule has 0 saturated carbocycles. The Morgan fingerprint density at radius 3 is 2.52 bits per heavy atom. The van der Waals surface area contributed by atoms with Gasteiger partial charge in [0, 0.05) is 6.07 Å². The van der Waals surface area contributed by atoms with Gasteiger partial charge in [-0.05, 0) is 24.3 Å². The standard InChI is InChI=1S/C14H11ClN4O2/c15-9-6-11-12(7-10(9)16)18-19(17-11)8-1-2-13-14(5-8)21-4-3-20-13/h1-2,5-7H,3-4,16H2. The van der Waals surface area contributed by atoms with Gasteiger partial charge in [0.05, 0.1) is 16.4 Å². The molecular weight excluding hydrogens is 292 g/mol. The van der Waals surface area contributed by atoms with Gasteiger partial charge in [0.2, 0.25) is 0 Å². The van der Waals surface area contributed by atoms with Gasteiger partial charge in [-0.15, -0.1) is 10.2 Å². The molecule has 2 aromatic carbocycles. The Balaban J connectivity index is 1.82. The molecule has 1 aliphatic rings. The second-order valence-corrected chi connectivity index (χ2v) is 5.09. The Morgan fingerprint density at radius 2 is 1.71 bits per heavy atom. The van der Waals surface area contributed by atoms with Crippen molar-refractivity contribution in [2.24, 2.45) is 0 Å². The smallest absolute Gasteiger partial charge is 0.163 e. The van der Waals surface area contributed by atoms with Crippen molar-refractivity contribution in [1.29, 1.82) is 0 Å². The molecule has 0 aliphatic carbocycles. The van der Waals surface area contributed by atoms with Crippen LogP contribution in [0.15, 0.2) is 30.3 Å². The number of nitrogen functional groups attached to an aromatic ring is 1. The number of fused-ring (bicyclic) bond motifs is 2. The molecule has 0 bridgehead atoms. The highest BCUT2D eigenvalue weighted by atomic mass is 35.5. The maximum Gasteiger partial charge on any atom is 0.163 e. The van der Waals surface area contributed by atoms with E-state index in [9.17, 15) is 0 Å². The number of benzene rings is 2. The van der Waals surface area contributed by atoms with Crippen molar-refractivity contribution in [3.63, 3.8) is 0 Å². The van der Waals surface area contributed by atoms with Crippen molar-refractivity contribution in [2.75, 3.05) is 18.9 Å². The molecule has 6 nitrogen and oxygen atoms in total. The maximum absolute atomic E-state index is 6.00. The summed E-state index contributed by atoms with van der Waals surface area (Å²) in [6.07, 6.45) is 0. The molecule has 2 heterocycles. The molecule has 1 aliphatic heterocycles. The van der Waals surface area contributed by atoms with Crippen molar-refractivity contribution in [2.45, 2.75) is 0 Å². The molecule has 2 N–H and O–H groups in total. The largest absolute Gasteiger partial charge is 0.486 e. The number of ether oxygens (including phenoxy) is 2. The van der Waals surface area contributed by atoms with Crippen LogP contribution in [0.5, 0.6) is 11.5 Å². The van der Waals surface area contributed by atoms with E-state index in [0.717, 1.165) is 11.4 Å². The summed E-state index contributed by atoms with van der Waals surface area (Å²) in [4.78, 5) is 1.53. The number of anilines is 1. The van der Waals surface area contributed by atoms with Crippen LogP contribution >= 0.6 is 11.6 Å². The van der Waals surface area contributed by atoms with Gasteiger partial charge in [0.15, 0.2) is 11.5 Å².